The van der Waals surface area contributed by atoms with E-state index in [1.54, 1.807) is 18.2 Å². The molecule has 1 aromatic carbocycles. The summed E-state index contributed by atoms with van der Waals surface area (Å²) in [7, 11) is 1.54. The van der Waals surface area contributed by atoms with Gasteiger partial charge in [-0.05, 0) is 38.5 Å². The summed E-state index contributed by atoms with van der Waals surface area (Å²) < 4.78 is 5.08. The van der Waals surface area contributed by atoms with Gasteiger partial charge in [0.15, 0.2) is 5.78 Å². The van der Waals surface area contributed by atoms with Crippen LogP contribution in [0.1, 0.15) is 37.6 Å². The SMILES string of the molecule is CCC(NC(C)(C)CO)C(=O)c1ccc(OC)c(N)c1. The Morgan fingerprint density at radius 1 is 1.50 bits per heavy atom. The largest absolute Gasteiger partial charge is 0.495 e. The highest BCUT2D eigenvalue weighted by molar-refractivity contribution is 6.01. The van der Waals surface area contributed by atoms with E-state index in [0.717, 1.165) is 0 Å². The summed E-state index contributed by atoms with van der Waals surface area (Å²) in [5, 5.41) is 12.5. The van der Waals surface area contributed by atoms with E-state index in [1.807, 2.05) is 20.8 Å². The molecule has 0 aliphatic carbocycles. The average Bonchev–Trinajstić information content (AvgIpc) is 2.44. The van der Waals surface area contributed by atoms with Gasteiger partial charge in [-0.1, -0.05) is 6.92 Å². The smallest absolute Gasteiger partial charge is 0.179 e. The van der Waals surface area contributed by atoms with Gasteiger partial charge in [-0.2, -0.15) is 0 Å². The Balaban J connectivity index is 2.94. The van der Waals surface area contributed by atoms with Gasteiger partial charge in [0.05, 0.1) is 25.4 Å². The van der Waals surface area contributed by atoms with Crippen LogP contribution in [0.3, 0.4) is 0 Å². The molecule has 0 fully saturated rings. The molecular weight excluding hydrogens is 256 g/mol. The predicted molar refractivity (Wildman–Crippen MR) is 80.1 cm³/mol. The van der Waals surface area contributed by atoms with Gasteiger partial charge in [-0.25, -0.2) is 0 Å². The third-order valence-electron chi connectivity index (χ3n) is 3.20. The molecule has 0 aliphatic rings. The topological polar surface area (TPSA) is 84.6 Å². The van der Waals surface area contributed by atoms with E-state index in [9.17, 15) is 9.90 Å². The van der Waals surface area contributed by atoms with E-state index in [2.05, 4.69) is 5.32 Å². The number of methoxy groups -OCH3 is 1. The number of Topliss-reactive ketones (excluding diaryl/α,β-unsaturated/α-hetero) is 1. The molecule has 1 aromatic rings. The third kappa shape index (κ3) is 3.95. The van der Waals surface area contributed by atoms with Crippen LogP contribution in [0.5, 0.6) is 5.75 Å². The van der Waals surface area contributed by atoms with Crippen LogP contribution in [0, 0.1) is 0 Å². The standard InChI is InChI=1S/C15H24N2O3/c1-5-12(17-15(2,3)9-18)14(19)10-6-7-13(20-4)11(16)8-10/h6-8,12,17-18H,5,9,16H2,1-4H3. The Labute approximate surface area is 120 Å². The van der Waals surface area contributed by atoms with E-state index >= 15 is 0 Å². The van der Waals surface area contributed by atoms with E-state index in [0.29, 0.717) is 23.4 Å². The molecule has 1 atom stereocenters. The zero-order valence-corrected chi connectivity index (χ0v) is 12.6. The molecule has 4 N–H and O–H groups in total. The van der Waals surface area contributed by atoms with Crippen LogP contribution in [0.15, 0.2) is 18.2 Å². The van der Waals surface area contributed by atoms with Crippen molar-refractivity contribution in [2.24, 2.45) is 0 Å². The highest BCUT2D eigenvalue weighted by atomic mass is 16.5. The Kier molecular flexibility index (Phi) is 5.53. The zero-order valence-electron chi connectivity index (χ0n) is 12.6. The van der Waals surface area contributed by atoms with Crippen molar-refractivity contribution in [2.75, 3.05) is 19.5 Å². The number of benzene rings is 1. The molecule has 0 spiro atoms. The number of carbonyl (C=O) groups excluding carboxylic acids is 1. The van der Waals surface area contributed by atoms with Gasteiger partial charge < -0.3 is 15.6 Å². The van der Waals surface area contributed by atoms with E-state index in [4.69, 9.17) is 10.5 Å². The second kappa shape index (κ2) is 6.72. The van der Waals surface area contributed by atoms with Crippen LogP contribution in [0.2, 0.25) is 0 Å². The maximum Gasteiger partial charge on any atom is 0.179 e. The minimum Gasteiger partial charge on any atom is -0.495 e. The number of rotatable bonds is 7. The number of anilines is 1. The number of aliphatic hydroxyl groups excluding tert-OH is 1. The van der Waals surface area contributed by atoms with E-state index in [-0.39, 0.29) is 18.4 Å². The molecule has 1 rings (SSSR count). The van der Waals surface area contributed by atoms with Crippen LogP contribution >= 0.6 is 0 Å². The summed E-state index contributed by atoms with van der Waals surface area (Å²) in [6, 6.07) is 4.66. The normalized spacial score (nSPS) is 13.1. The fraction of sp³-hybridized carbons (Fsp3) is 0.533. The van der Waals surface area contributed by atoms with Crippen LogP contribution in [-0.2, 0) is 0 Å². The molecule has 5 heteroatoms. The Hall–Kier alpha value is -1.59. The summed E-state index contributed by atoms with van der Waals surface area (Å²) in [4.78, 5) is 12.5. The third-order valence-corrected chi connectivity index (χ3v) is 3.20. The minimum atomic E-state index is -0.506. The summed E-state index contributed by atoms with van der Waals surface area (Å²) in [5.74, 6) is 0.515. The van der Waals surface area contributed by atoms with Crippen molar-refractivity contribution in [3.05, 3.63) is 23.8 Å². The van der Waals surface area contributed by atoms with Crippen molar-refractivity contribution in [2.45, 2.75) is 38.8 Å². The molecular formula is C15H24N2O3. The van der Waals surface area contributed by atoms with Crippen LogP contribution in [0.4, 0.5) is 5.69 Å². The second-order valence-electron chi connectivity index (χ2n) is 5.47. The highest BCUT2D eigenvalue weighted by Gasteiger charge is 2.26. The molecule has 0 saturated heterocycles. The number of hydrogen-bond donors (Lipinski definition) is 3. The molecule has 20 heavy (non-hydrogen) atoms. The molecule has 0 amide bonds. The lowest BCUT2D eigenvalue weighted by atomic mass is 9.97. The molecule has 0 bridgehead atoms. The maximum absolute atomic E-state index is 12.5. The first-order valence-corrected chi connectivity index (χ1v) is 6.71. The number of nitrogens with one attached hydrogen (secondary N) is 1. The van der Waals surface area contributed by atoms with Crippen LogP contribution in [0.25, 0.3) is 0 Å². The minimum absolute atomic E-state index is 0.0385. The Bertz CT molecular complexity index is 472. The van der Waals surface area contributed by atoms with Crippen LogP contribution in [-0.4, -0.2) is 36.2 Å². The summed E-state index contributed by atoms with van der Waals surface area (Å²) in [6.45, 7) is 5.59. The summed E-state index contributed by atoms with van der Waals surface area (Å²) in [5.41, 5.74) is 6.30. The lowest BCUT2D eigenvalue weighted by Gasteiger charge is -2.29. The van der Waals surface area contributed by atoms with Crippen molar-refractivity contribution in [3.8, 4) is 5.75 Å². The van der Waals surface area contributed by atoms with Gasteiger partial charge in [0, 0.05) is 11.1 Å². The molecule has 0 saturated carbocycles. The van der Waals surface area contributed by atoms with E-state index in [1.165, 1.54) is 7.11 Å². The van der Waals surface area contributed by atoms with Gasteiger partial charge in [0.2, 0.25) is 0 Å². The number of carbonyl (C=O) groups is 1. The first kappa shape index (κ1) is 16.5. The molecule has 0 aliphatic heterocycles. The number of nitrogen functional groups attached to an aromatic ring is 1. The lowest BCUT2D eigenvalue weighted by Crippen LogP contribution is -2.51. The van der Waals surface area contributed by atoms with E-state index < -0.39 is 5.54 Å². The molecule has 0 radical (unpaired) electrons. The van der Waals surface area contributed by atoms with Crippen molar-refractivity contribution >= 4 is 11.5 Å². The molecule has 1 unspecified atom stereocenters. The molecule has 5 nitrogen and oxygen atoms in total. The monoisotopic (exact) mass is 280 g/mol. The molecule has 0 heterocycles. The van der Waals surface area contributed by atoms with Crippen molar-refractivity contribution in [1.29, 1.82) is 0 Å². The van der Waals surface area contributed by atoms with Gasteiger partial charge in [-0.3, -0.25) is 10.1 Å². The van der Waals surface area contributed by atoms with Crippen molar-refractivity contribution in [3.63, 3.8) is 0 Å². The van der Waals surface area contributed by atoms with Crippen molar-refractivity contribution < 1.29 is 14.6 Å². The number of nitrogens with two attached hydrogens (primary N) is 1. The average molecular weight is 280 g/mol. The first-order chi connectivity index (χ1) is 9.34. The first-order valence-electron chi connectivity index (χ1n) is 6.71. The summed E-state index contributed by atoms with van der Waals surface area (Å²) in [6.07, 6.45) is 0.633. The van der Waals surface area contributed by atoms with Crippen LogP contribution < -0.4 is 15.8 Å². The lowest BCUT2D eigenvalue weighted by molar-refractivity contribution is 0.0896. The number of hydrogen-bond acceptors (Lipinski definition) is 5. The fourth-order valence-electron chi connectivity index (χ4n) is 1.96. The van der Waals surface area contributed by atoms with Gasteiger partial charge in [-0.15, -0.1) is 0 Å². The number of aliphatic hydroxyl groups is 1. The van der Waals surface area contributed by atoms with Gasteiger partial charge in [0.25, 0.3) is 0 Å². The fourth-order valence-corrected chi connectivity index (χ4v) is 1.96. The summed E-state index contributed by atoms with van der Waals surface area (Å²) >= 11 is 0. The maximum atomic E-state index is 12.5. The second-order valence-corrected chi connectivity index (χ2v) is 5.47. The number of ether oxygens (including phenoxy) is 1. The molecule has 112 valence electrons. The zero-order chi connectivity index (χ0) is 15.3. The predicted octanol–water partition coefficient (Wildman–Crippen LogP) is 1.60. The highest BCUT2D eigenvalue weighted by Crippen LogP contribution is 2.23. The quantitative estimate of drug-likeness (QED) is 0.522. The Morgan fingerprint density at radius 3 is 2.60 bits per heavy atom. The Morgan fingerprint density at radius 2 is 2.15 bits per heavy atom. The number of ketones is 1. The van der Waals surface area contributed by atoms with Gasteiger partial charge >= 0.3 is 0 Å². The van der Waals surface area contributed by atoms with Gasteiger partial charge in [0.1, 0.15) is 5.75 Å². The molecule has 0 aromatic heterocycles. The van der Waals surface area contributed by atoms with Crippen molar-refractivity contribution in [1.82, 2.24) is 5.32 Å².